The molecule has 2 aromatic heterocycles. The first-order valence-corrected chi connectivity index (χ1v) is 11.2. The summed E-state index contributed by atoms with van der Waals surface area (Å²) in [4.78, 5) is 29.2. The first kappa shape index (κ1) is 25.1. The molecular formula is C24H18Cl2F2N6O2. The minimum absolute atomic E-state index is 0.00858. The van der Waals surface area contributed by atoms with E-state index in [9.17, 15) is 18.4 Å². The fraction of sp³-hybridized carbons (Fsp3) is 0.0833. The van der Waals surface area contributed by atoms with Crippen LogP contribution in [0.2, 0.25) is 10.0 Å². The Morgan fingerprint density at radius 1 is 1.03 bits per heavy atom. The molecule has 2 aromatic carbocycles. The predicted molar refractivity (Wildman–Crippen MR) is 133 cm³/mol. The lowest BCUT2D eigenvalue weighted by molar-refractivity contribution is 0.0945. The minimum Gasteiger partial charge on any atom is -0.398 e. The molecule has 184 valence electrons. The molecule has 0 radical (unpaired) electrons. The van der Waals surface area contributed by atoms with E-state index < -0.39 is 23.4 Å². The second kappa shape index (κ2) is 10.3. The smallest absolute Gasteiger partial charge is 0.271 e. The molecule has 0 atom stereocenters. The molecule has 0 bridgehead atoms. The summed E-state index contributed by atoms with van der Waals surface area (Å²) < 4.78 is 29.8. The number of rotatable bonds is 6. The second-order valence-corrected chi connectivity index (χ2v) is 8.53. The van der Waals surface area contributed by atoms with Gasteiger partial charge in [-0.05, 0) is 42.5 Å². The number of aryl methyl sites for hydroxylation is 1. The molecule has 0 fully saturated rings. The van der Waals surface area contributed by atoms with Crippen molar-refractivity contribution in [2.45, 2.75) is 6.54 Å². The van der Waals surface area contributed by atoms with Crippen molar-refractivity contribution in [1.29, 1.82) is 0 Å². The van der Waals surface area contributed by atoms with E-state index in [4.69, 9.17) is 28.9 Å². The molecule has 12 heteroatoms. The summed E-state index contributed by atoms with van der Waals surface area (Å²) in [6, 6.07) is 8.78. The fourth-order valence-corrected chi connectivity index (χ4v) is 3.89. The zero-order valence-corrected chi connectivity index (χ0v) is 20.2. The van der Waals surface area contributed by atoms with Crippen LogP contribution in [0.3, 0.4) is 0 Å². The lowest BCUT2D eigenvalue weighted by Crippen LogP contribution is -2.24. The Balaban J connectivity index is 1.48. The van der Waals surface area contributed by atoms with E-state index in [0.717, 1.165) is 18.2 Å². The Kier molecular flexibility index (Phi) is 7.18. The molecule has 2 amide bonds. The lowest BCUT2D eigenvalue weighted by Gasteiger charge is -2.12. The third-order valence-corrected chi connectivity index (χ3v) is 5.72. The van der Waals surface area contributed by atoms with Gasteiger partial charge in [-0.3, -0.25) is 14.3 Å². The van der Waals surface area contributed by atoms with E-state index in [2.05, 4.69) is 20.7 Å². The lowest BCUT2D eigenvalue weighted by atomic mass is 10.0. The Labute approximate surface area is 214 Å². The van der Waals surface area contributed by atoms with Crippen molar-refractivity contribution >= 4 is 46.4 Å². The number of amides is 2. The summed E-state index contributed by atoms with van der Waals surface area (Å²) in [6.07, 6.45) is 2.98. The van der Waals surface area contributed by atoms with Crippen LogP contribution in [0.4, 0.5) is 20.2 Å². The molecule has 2 heterocycles. The number of carbonyl (C=O) groups excluding carboxylic acids is 2. The van der Waals surface area contributed by atoms with Gasteiger partial charge in [-0.25, -0.2) is 13.8 Å². The first-order chi connectivity index (χ1) is 17.1. The number of carbonyl (C=O) groups is 2. The molecule has 0 saturated heterocycles. The Morgan fingerprint density at radius 3 is 2.47 bits per heavy atom. The summed E-state index contributed by atoms with van der Waals surface area (Å²) in [5.74, 6) is -2.60. The van der Waals surface area contributed by atoms with Gasteiger partial charge in [-0.1, -0.05) is 23.2 Å². The normalized spacial score (nSPS) is 10.8. The number of anilines is 2. The molecule has 4 rings (SSSR count). The average Bonchev–Trinajstić information content (AvgIpc) is 3.24. The molecule has 0 aliphatic rings. The Bertz CT molecular complexity index is 1490. The van der Waals surface area contributed by atoms with E-state index in [1.807, 2.05) is 0 Å². The molecule has 0 unspecified atom stereocenters. The van der Waals surface area contributed by atoms with Crippen molar-refractivity contribution in [2.75, 3.05) is 11.1 Å². The quantitative estimate of drug-likeness (QED) is 0.309. The summed E-state index contributed by atoms with van der Waals surface area (Å²) in [6.45, 7) is 0.180. The number of nitrogens with one attached hydrogen (secondary N) is 2. The zero-order chi connectivity index (χ0) is 26.0. The third kappa shape index (κ3) is 5.45. The largest absolute Gasteiger partial charge is 0.398 e. The van der Waals surface area contributed by atoms with Crippen LogP contribution in [-0.2, 0) is 13.6 Å². The molecule has 0 aliphatic carbocycles. The topological polar surface area (TPSA) is 115 Å². The van der Waals surface area contributed by atoms with Gasteiger partial charge in [0.1, 0.15) is 17.3 Å². The van der Waals surface area contributed by atoms with Gasteiger partial charge in [-0.2, -0.15) is 5.10 Å². The van der Waals surface area contributed by atoms with Crippen molar-refractivity contribution in [2.24, 2.45) is 7.05 Å². The summed E-state index contributed by atoms with van der Waals surface area (Å²) in [5, 5.41) is 9.27. The van der Waals surface area contributed by atoms with E-state index in [-0.39, 0.29) is 50.3 Å². The highest BCUT2D eigenvalue weighted by atomic mass is 35.5. The highest BCUT2D eigenvalue weighted by molar-refractivity contribution is 6.35. The fourth-order valence-electron chi connectivity index (χ4n) is 3.39. The van der Waals surface area contributed by atoms with Gasteiger partial charge in [0, 0.05) is 30.1 Å². The number of pyridine rings is 1. The Hall–Kier alpha value is -4.02. The minimum atomic E-state index is -0.779. The SMILES string of the molecule is Cn1ccc(CNC(=O)c2ncc(NC(=O)c3cc(F)c(-c4ccc(F)cc4N)cc3Cl)cc2Cl)n1. The maximum Gasteiger partial charge on any atom is 0.271 e. The van der Waals surface area contributed by atoms with E-state index in [1.54, 1.807) is 24.0 Å². The number of nitrogens with two attached hydrogens (primary N) is 1. The number of aromatic nitrogens is 3. The van der Waals surface area contributed by atoms with Crippen molar-refractivity contribution in [1.82, 2.24) is 20.1 Å². The van der Waals surface area contributed by atoms with Crippen LogP contribution in [0.1, 0.15) is 26.5 Å². The van der Waals surface area contributed by atoms with E-state index in [0.29, 0.717) is 5.69 Å². The maximum atomic E-state index is 14.8. The van der Waals surface area contributed by atoms with Crippen LogP contribution in [0, 0.1) is 11.6 Å². The molecule has 0 spiro atoms. The molecule has 4 aromatic rings. The van der Waals surface area contributed by atoms with Crippen LogP contribution < -0.4 is 16.4 Å². The number of hydrogen-bond acceptors (Lipinski definition) is 5. The standard InChI is InChI=1S/C24H18Cl2F2N6O2/c1-34-5-4-13(33-34)10-31-24(36)22-19(26)7-14(11-30-22)32-23(35)17-9-20(28)16(8-18(17)25)15-3-2-12(27)6-21(15)29/h2-9,11H,10,29H2,1H3,(H,31,36)(H,32,35). The van der Waals surface area contributed by atoms with Crippen LogP contribution in [0.25, 0.3) is 11.1 Å². The maximum absolute atomic E-state index is 14.8. The van der Waals surface area contributed by atoms with Gasteiger partial charge >= 0.3 is 0 Å². The average molecular weight is 531 g/mol. The molecule has 0 saturated carbocycles. The summed E-state index contributed by atoms with van der Waals surface area (Å²) >= 11 is 12.4. The monoisotopic (exact) mass is 530 g/mol. The van der Waals surface area contributed by atoms with Crippen molar-refractivity contribution in [3.05, 3.63) is 93.5 Å². The molecule has 36 heavy (non-hydrogen) atoms. The van der Waals surface area contributed by atoms with Gasteiger partial charge < -0.3 is 16.4 Å². The number of benzene rings is 2. The van der Waals surface area contributed by atoms with Crippen molar-refractivity contribution < 1.29 is 18.4 Å². The Morgan fingerprint density at radius 2 is 1.81 bits per heavy atom. The van der Waals surface area contributed by atoms with Crippen LogP contribution in [-0.4, -0.2) is 26.6 Å². The highest BCUT2D eigenvalue weighted by Crippen LogP contribution is 2.33. The molecule has 4 N–H and O–H groups in total. The van der Waals surface area contributed by atoms with Gasteiger partial charge in [0.05, 0.1) is 39.7 Å². The van der Waals surface area contributed by atoms with Gasteiger partial charge in [0.25, 0.3) is 11.8 Å². The van der Waals surface area contributed by atoms with Crippen LogP contribution >= 0.6 is 23.2 Å². The van der Waals surface area contributed by atoms with Crippen molar-refractivity contribution in [3.63, 3.8) is 0 Å². The van der Waals surface area contributed by atoms with E-state index in [1.165, 1.54) is 24.4 Å². The van der Waals surface area contributed by atoms with Crippen molar-refractivity contribution in [3.8, 4) is 11.1 Å². The number of halogens is 4. The van der Waals surface area contributed by atoms with Crippen LogP contribution in [0.15, 0.2) is 54.9 Å². The third-order valence-electron chi connectivity index (χ3n) is 5.12. The first-order valence-electron chi connectivity index (χ1n) is 10.4. The molecule has 8 nitrogen and oxygen atoms in total. The summed E-state index contributed by atoms with van der Waals surface area (Å²) in [7, 11) is 1.76. The number of nitrogen functional groups attached to an aromatic ring is 1. The number of nitrogens with zero attached hydrogens (tertiary/aromatic N) is 3. The molecular weight excluding hydrogens is 513 g/mol. The van der Waals surface area contributed by atoms with Gasteiger partial charge in [0.15, 0.2) is 0 Å². The predicted octanol–water partition coefficient (Wildman–Crippen LogP) is 4.83. The number of hydrogen-bond donors (Lipinski definition) is 3. The van der Waals surface area contributed by atoms with E-state index >= 15 is 0 Å². The zero-order valence-electron chi connectivity index (χ0n) is 18.7. The van der Waals surface area contributed by atoms with Gasteiger partial charge in [-0.15, -0.1) is 0 Å². The van der Waals surface area contributed by atoms with Crippen LogP contribution in [0.5, 0.6) is 0 Å². The second-order valence-electron chi connectivity index (χ2n) is 7.72. The molecule has 0 aliphatic heterocycles. The van der Waals surface area contributed by atoms with Gasteiger partial charge in [0.2, 0.25) is 0 Å². The highest BCUT2D eigenvalue weighted by Gasteiger charge is 2.19. The summed E-state index contributed by atoms with van der Waals surface area (Å²) in [5.41, 5.74) is 6.67.